The molecule has 5 nitrogen and oxygen atoms in total. The van der Waals surface area contributed by atoms with Crippen molar-refractivity contribution in [2.24, 2.45) is 0 Å². The Morgan fingerprint density at radius 1 is 1.04 bits per heavy atom. The van der Waals surface area contributed by atoms with Gasteiger partial charge in [-0.1, -0.05) is 12.2 Å². The molecule has 0 bridgehead atoms. The van der Waals surface area contributed by atoms with Gasteiger partial charge < -0.3 is 25.2 Å². The van der Waals surface area contributed by atoms with Crippen LogP contribution in [0.15, 0.2) is 42.5 Å². The number of hydrogen-bond acceptors (Lipinski definition) is 5. The molecule has 0 saturated carbocycles. The van der Waals surface area contributed by atoms with Crippen LogP contribution in [-0.2, 0) is 4.74 Å². The minimum atomic E-state index is -0.0487. The Kier molecular flexibility index (Phi) is 4.64. The molecule has 3 rings (SSSR count). The first-order valence-electron chi connectivity index (χ1n) is 7.39. The van der Waals surface area contributed by atoms with Crippen molar-refractivity contribution in [3.05, 3.63) is 48.0 Å². The number of ether oxygens (including phenoxy) is 1. The Labute approximate surface area is 140 Å². The molecular formula is C17H18N2O3S. The molecule has 0 atom stereocenters. The van der Waals surface area contributed by atoms with E-state index in [9.17, 15) is 10.2 Å². The van der Waals surface area contributed by atoms with E-state index in [1.54, 1.807) is 6.07 Å². The van der Waals surface area contributed by atoms with Crippen LogP contribution in [0.25, 0.3) is 0 Å². The molecule has 1 aliphatic heterocycles. The van der Waals surface area contributed by atoms with E-state index in [-0.39, 0.29) is 11.5 Å². The normalized spacial score (nSPS) is 14.5. The molecule has 0 radical (unpaired) electrons. The quantitative estimate of drug-likeness (QED) is 0.752. The summed E-state index contributed by atoms with van der Waals surface area (Å²) in [5.74, 6) is -0.0450. The van der Waals surface area contributed by atoms with E-state index in [0.29, 0.717) is 10.6 Å². The number of morpholine rings is 1. The second-order valence-electron chi connectivity index (χ2n) is 5.30. The zero-order valence-corrected chi connectivity index (χ0v) is 13.3. The van der Waals surface area contributed by atoms with Crippen molar-refractivity contribution in [1.82, 2.24) is 0 Å². The van der Waals surface area contributed by atoms with Crippen molar-refractivity contribution in [2.75, 3.05) is 36.5 Å². The summed E-state index contributed by atoms with van der Waals surface area (Å²) in [6.45, 7) is 3.30. The summed E-state index contributed by atoms with van der Waals surface area (Å²) in [6, 6.07) is 12.3. The van der Waals surface area contributed by atoms with Gasteiger partial charge in [-0.05, 0) is 36.4 Å². The molecule has 0 amide bonds. The SMILES string of the molecule is Oc1ccc(C(=S)Nc2ccc(N3CCOCC3)cc2)c(O)c1. The molecular weight excluding hydrogens is 312 g/mol. The van der Waals surface area contributed by atoms with Gasteiger partial charge in [-0.15, -0.1) is 0 Å². The lowest BCUT2D eigenvalue weighted by Gasteiger charge is -2.29. The monoisotopic (exact) mass is 330 g/mol. The van der Waals surface area contributed by atoms with Gasteiger partial charge in [0.15, 0.2) is 0 Å². The Hall–Kier alpha value is -2.31. The third-order valence-electron chi connectivity index (χ3n) is 3.73. The predicted molar refractivity (Wildman–Crippen MR) is 94.6 cm³/mol. The minimum Gasteiger partial charge on any atom is -0.508 e. The van der Waals surface area contributed by atoms with Crippen LogP contribution >= 0.6 is 12.2 Å². The van der Waals surface area contributed by atoms with E-state index in [1.807, 2.05) is 24.3 Å². The first-order chi connectivity index (χ1) is 11.1. The second-order valence-corrected chi connectivity index (χ2v) is 5.71. The number of phenolic OH excluding ortho intramolecular Hbond substituents is 2. The van der Waals surface area contributed by atoms with Gasteiger partial charge in [0.1, 0.15) is 16.5 Å². The molecule has 0 aliphatic carbocycles. The van der Waals surface area contributed by atoms with Crippen molar-refractivity contribution in [2.45, 2.75) is 0 Å². The highest BCUT2D eigenvalue weighted by Gasteiger charge is 2.12. The van der Waals surface area contributed by atoms with Crippen LogP contribution in [0.3, 0.4) is 0 Å². The van der Waals surface area contributed by atoms with Gasteiger partial charge in [0.2, 0.25) is 0 Å². The fourth-order valence-electron chi connectivity index (χ4n) is 2.49. The number of phenols is 2. The highest BCUT2D eigenvalue weighted by molar-refractivity contribution is 7.81. The van der Waals surface area contributed by atoms with Crippen molar-refractivity contribution in [1.29, 1.82) is 0 Å². The maximum Gasteiger partial charge on any atom is 0.129 e. The molecule has 23 heavy (non-hydrogen) atoms. The summed E-state index contributed by atoms with van der Waals surface area (Å²) in [4.78, 5) is 2.68. The van der Waals surface area contributed by atoms with Crippen LogP contribution in [0.2, 0.25) is 0 Å². The molecule has 6 heteroatoms. The Balaban J connectivity index is 1.69. The average molecular weight is 330 g/mol. The molecule has 2 aromatic rings. The van der Waals surface area contributed by atoms with Gasteiger partial charge in [-0.3, -0.25) is 0 Å². The predicted octanol–water partition coefficient (Wildman–Crippen LogP) is 2.72. The topological polar surface area (TPSA) is 65.0 Å². The van der Waals surface area contributed by atoms with Gasteiger partial charge in [0.25, 0.3) is 0 Å². The second kappa shape index (κ2) is 6.85. The molecule has 1 heterocycles. The van der Waals surface area contributed by atoms with Gasteiger partial charge in [-0.2, -0.15) is 0 Å². The fourth-order valence-corrected chi connectivity index (χ4v) is 2.78. The summed E-state index contributed by atoms with van der Waals surface area (Å²) >= 11 is 5.31. The molecule has 0 spiro atoms. The van der Waals surface area contributed by atoms with E-state index in [4.69, 9.17) is 17.0 Å². The first-order valence-corrected chi connectivity index (χ1v) is 7.80. The number of nitrogens with zero attached hydrogens (tertiary/aromatic N) is 1. The van der Waals surface area contributed by atoms with Crippen LogP contribution in [0.5, 0.6) is 11.5 Å². The molecule has 1 fully saturated rings. The van der Waals surface area contributed by atoms with Gasteiger partial charge in [-0.25, -0.2) is 0 Å². The van der Waals surface area contributed by atoms with Crippen molar-refractivity contribution >= 4 is 28.6 Å². The van der Waals surface area contributed by atoms with Gasteiger partial charge in [0.05, 0.1) is 18.8 Å². The van der Waals surface area contributed by atoms with Crippen LogP contribution in [0, 0.1) is 0 Å². The van der Waals surface area contributed by atoms with Crippen molar-refractivity contribution in [3.8, 4) is 11.5 Å². The molecule has 2 aromatic carbocycles. The van der Waals surface area contributed by atoms with Crippen molar-refractivity contribution in [3.63, 3.8) is 0 Å². The van der Waals surface area contributed by atoms with E-state index in [2.05, 4.69) is 10.2 Å². The Bertz CT molecular complexity index is 697. The number of rotatable bonds is 3. The smallest absolute Gasteiger partial charge is 0.129 e. The third kappa shape index (κ3) is 3.72. The first kappa shape index (κ1) is 15.6. The van der Waals surface area contributed by atoms with Crippen LogP contribution in [0.4, 0.5) is 11.4 Å². The number of benzene rings is 2. The average Bonchev–Trinajstić information content (AvgIpc) is 2.56. The Morgan fingerprint density at radius 2 is 1.74 bits per heavy atom. The highest BCUT2D eigenvalue weighted by atomic mass is 32.1. The summed E-state index contributed by atoms with van der Waals surface area (Å²) < 4.78 is 5.35. The zero-order valence-electron chi connectivity index (χ0n) is 12.5. The van der Waals surface area contributed by atoms with Crippen molar-refractivity contribution < 1.29 is 14.9 Å². The molecule has 120 valence electrons. The van der Waals surface area contributed by atoms with E-state index < -0.39 is 0 Å². The number of aromatic hydroxyl groups is 2. The number of hydrogen-bond donors (Lipinski definition) is 3. The summed E-state index contributed by atoms with van der Waals surface area (Å²) in [6.07, 6.45) is 0. The lowest BCUT2D eigenvalue weighted by molar-refractivity contribution is 0.122. The van der Waals surface area contributed by atoms with E-state index in [1.165, 1.54) is 12.1 Å². The maximum absolute atomic E-state index is 9.85. The largest absolute Gasteiger partial charge is 0.508 e. The summed E-state index contributed by atoms with van der Waals surface area (Å²) in [7, 11) is 0. The molecule has 0 aromatic heterocycles. The highest BCUT2D eigenvalue weighted by Crippen LogP contribution is 2.25. The minimum absolute atomic E-state index is 0.00362. The number of nitrogens with one attached hydrogen (secondary N) is 1. The number of anilines is 2. The lowest BCUT2D eigenvalue weighted by Crippen LogP contribution is -2.36. The summed E-state index contributed by atoms with van der Waals surface area (Å²) in [5.41, 5.74) is 2.48. The standard InChI is InChI=1S/C17H18N2O3S/c20-14-5-6-15(16(21)11-14)17(23)18-12-1-3-13(4-2-12)19-7-9-22-10-8-19/h1-6,11,20-21H,7-10H2,(H,18,23). The van der Waals surface area contributed by atoms with Crippen LogP contribution in [0.1, 0.15) is 5.56 Å². The Morgan fingerprint density at radius 3 is 2.39 bits per heavy atom. The molecule has 3 N–H and O–H groups in total. The third-order valence-corrected chi connectivity index (χ3v) is 4.05. The molecule has 1 saturated heterocycles. The summed E-state index contributed by atoms with van der Waals surface area (Å²) in [5, 5.41) is 22.3. The van der Waals surface area contributed by atoms with Crippen LogP contribution < -0.4 is 10.2 Å². The van der Waals surface area contributed by atoms with E-state index in [0.717, 1.165) is 37.7 Å². The number of thiocarbonyl (C=S) groups is 1. The molecule has 1 aliphatic rings. The van der Waals surface area contributed by atoms with E-state index >= 15 is 0 Å². The van der Waals surface area contributed by atoms with Gasteiger partial charge >= 0.3 is 0 Å². The molecule has 0 unspecified atom stereocenters. The lowest BCUT2D eigenvalue weighted by atomic mass is 10.2. The van der Waals surface area contributed by atoms with Crippen LogP contribution in [-0.4, -0.2) is 41.5 Å². The zero-order chi connectivity index (χ0) is 16.2. The van der Waals surface area contributed by atoms with Gasteiger partial charge in [0, 0.05) is 30.5 Å². The fraction of sp³-hybridized carbons (Fsp3) is 0.235. The maximum atomic E-state index is 9.85.